The lowest BCUT2D eigenvalue weighted by Gasteiger charge is -2.37. The van der Waals surface area contributed by atoms with Crippen molar-refractivity contribution < 1.29 is 4.79 Å². The van der Waals surface area contributed by atoms with Gasteiger partial charge in [-0.2, -0.15) is 0 Å². The molecule has 0 bridgehead atoms. The predicted molar refractivity (Wildman–Crippen MR) is 85.1 cm³/mol. The van der Waals surface area contributed by atoms with Gasteiger partial charge in [-0.15, -0.1) is 11.3 Å². The number of carbonyl (C=O) groups excluding carboxylic acids is 1. The van der Waals surface area contributed by atoms with Crippen LogP contribution in [0.3, 0.4) is 0 Å². The maximum absolute atomic E-state index is 12.7. The smallest absolute Gasteiger partial charge is 0.227 e. The fraction of sp³-hybridized carbons (Fsp3) is 0.688. The lowest BCUT2D eigenvalue weighted by molar-refractivity contribution is -0.133. The average Bonchev–Trinajstić information content (AvgIpc) is 2.92. The summed E-state index contributed by atoms with van der Waals surface area (Å²) in [5, 5.41) is 8.73. The molecule has 112 valence electrons. The zero-order valence-electron chi connectivity index (χ0n) is 12.6. The fourth-order valence-corrected chi connectivity index (χ4v) is 3.96. The molecule has 2 rings (SSSR count). The molecule has 20 heavy (non-hydrogen) atoms. The second-order valence-corrected chi connectivity index (χ2v) is 7.00. The molecule has 2 unspecified atom stereocenters. The molecule has 1 fully saturated rings. The summed E-state index contributed by atoms with van der Waals surface area (Å²) in [4.78, 5) is 14.0. The quantitative estimate of drug-likeness (QED) is 0.847. The number of hydrogen-bond donors (Lipinski definition) is 2. The molecule has 2 atom stereocenters. The van der Waals surface area contributed by atoms with Crippen LogP contribution in [0.4, 0.5) is 0 Å². The Balaban J connectivity index is 1.93. The van der Waals surface area contributed by atoms with Gasteiger partial charge in [0.05, 0.1) is 5.41 Å². The number of amides is 1. The van der Waals surface area contributed by atoms with E-state index >= 15 is 0 Å². The first kappa shape index (κ1) is 15.5. The van der Waals surface area contributed by atoms with Crippen LogP contribution in [-0.4, -0.2) is 25.0 Å². The van der Waals surface area contributed by atoms with Gasteiger partial charge in [-0.25, -0.2) is 0 Å². The number of rotatable bonds is 6. The molecule has 1 amide bonds. The first-order valence-electron chi connectivity index (χ1n) is 7.70. The molecule has 3 nitrogen and oxygen atoms in total. The highest BCUT2D eigenvalue weighted by molar-refractivity contribution is 7.09. The van der Waals surface area contributed by atoms with Crippen molar-refractivity contribution in [1.82, 2.24) is 10.6 Å². The number of nitrogens with one attached hydrogen (secondary N) is 2. The Morgan fingerprint density at radius 2 is 2.45 bits per heavy atom. The summed E-state index contributed by atoms with van der Waals surface area (Å²) < 4.78 is 0. The molecule has 1 aromatic rings. The molecular weight excluding hydrogens is 268 g/mol. The van der Waals surface area contributed by atoms with Gasteiger partial charge < -0.3 is 10.6 Å². The summed E-state index contributed by atoms with van der Waals surface area (Å²) in [7, 11) is 0. The first-order valence-corrected chi connectivity index (χ1v) is 8.58. The fourth-order valence-electron chi connectivity index (χ4n) is 3.13. The molecule has 1 aliphatic heterocycles. The van der Waals surface area contributed by atoms with E-state index in [1.165, 1.54) is 4.88 Å². The minimum atomic E-state index is -0.184. The van der Waals surface area contributed by atoms with Crippen molar-refractivity contribution in [3.8, 4) is 0 Å². The highest BCUT2D eigenvalue weighted by atomic mass is 32.1. The van der Waals surface area contributed by atoms with Crippen molar-refractivity contribution in [1.29, 1.82) is 0 Å². The van der Waals surface area contributed by atoms with Gasteiger partial charge in [0.2, 0.25) is 5.91 Å². The Labute approximate surface area is 126 Å². The van der Waals surface area contributed by atoms with Gasteiger partial charge in [0.1, 0.15) is 0 Å². The molecule has 1 aliphatic rings. The predicted octanol–water partition coefficient (Wildman–Crippen LogP) is 2.97. The van der Waals surface area contributed by atoms with Crippen LogP contribution in [0.25, 0.3) is 0 Å². The molecule has 1 saturated heterocycles. The number of thiophene rings is 1. The topological polar surface area (TPSA) is 41.1 Å². The Hall–Kier alpha value is -0.870. The monoisotopic (exact) mass is 294 g/mol. The number of piperidine rings is 1. The standard InChI is InChI=1S/C16H26N2OS/c1-3-7-16(8-5-9-17-12-16)15(19)18-13(2)11-14-6-4-10-20-14/h4,6,10,13,17H,3,5,7-9,11-12H2,1-2H3,(H,18,19). The number of carbonyl (C=O) groups is 1. The SMILES string of the molecule is CCCC1(C(=O)NC(C)Cc2cccs2)CCCNC1. The largest absolute Gasteiger partial charge is 0.353 e. The third-order valence-corrected chi connectivity index (χ3v) is 5.05. The van der Waals surface area contributed by atoms with E-state index < -0.39 is 0 Å². The molecule has 0 spiro atoms. The van der Waals surface area contributed by atoms with Crippen molar-refractivity contribution in [2.45, 2.75) is 52.0 Å². The van der Waals surface area contributed by atoms with Crippen molar-refractivity contribution >= 4 is 17.2 Å². The van der Waals surface area contributed by atoms with Crippen LogP contribution in [0.1, 0.15) is 44.4 Å². The molecule has 0 saturated carbocycles. The van der Waals surface area contributed by atoms with E-state index in [2.05, 4.69) is 42.0 Å². The van der Waals surface area contributed by atoms with E-state index in [1.54, 1.807) is 11.3 Å². The first-order chi connectivity index (χ1) is 9.66. The highest BCUT2D eigenvalue weighted by Crippen LogP contribution is 2.32. The molecule has 0 radical (unpaired) electrons. The summed E-state index contributed by atoms with van der Waals surface area (Å²) in [6.45, 7) is 6.15. The zero-order valence-corrected chi connectivity index (χ0v) is 13.4. The van der Waals surface area contributed by atoms with Crippen molar-refractivity contribution in [3.05, 3.63) is 22.4 Å². The zero-order chi connectivity index (χ0) is 14.4. The van der Waals surface area contributed by atoms with E-state index in [4.69, 9.17) is 0 Å². The molecule has 4 heteroatoms. The normalized spacial score (nSPS) is 24.3. The van der Waals surface area contributed by atoms with E-state index in [0.717, 1.165) is 45.2 Å². The Morgan fingerprint density at radius 3 is 3.05 bits per heavy atom. The van der Waals surface area contributed by atoms with E-state index in [-0.39, 0.29) is 17.4 Å². The minimum absolute atomic E-state index is 0.184. The third kappa shape index (κ3) is 3.83. The number of hydrogen-bond acceptors (Lipinski definition) is 3. The Kier molecular flexibility index (Phi) is 5.61. The molecular formula is C16H26N2OS. The van der Waals surface area contributed by atoms with Gasteiger partial charge in [0.25, 0.3) is 0 Å². The van der Waals surface area contributed by atoms with Gasteiger partial charge in [0, 0.05) is 23.9 Å². The van der Waals surface area contributed by atoms with Crippen LogP contribution in [0.15, 0.2) is 17.5 Å². The Bertz CT molecular complexity index is 405. The van der Waals surface area contributed by atoms with Crippen LogP contribution in [-0.2, 0) is 11.2 Å². The van der Waals surface area contributed by atoms with Crippen molar-refractivity contribution in [3.63, 3.8) is 0 Å². The molecule has 0 aromatic carbocycles. The van der Waals surface area contributed by atoms with Gasteiger partial charge in [0.15, 0.2) is 0 Å². The van der Waals surface area contributed by atoms with E-state index in [9.17, 15) is 4.79 Å². The molecule has 0 aliphatic carbocycles. The van der Waals surface area contributed by atoms with E-state index in [0.29, 0.717) is 0 Å². The van der Waals surface area contributed by atoms with Crippen LogP contribution in [0.2, 0.25) is 0 Å². The van der Waals surface area contributed by atoms with Crippen molar-refractivity contribution in [2.75, 3.05) is 13.1 Å². The second-order valence-electron chi connectivity index (χ2n) is 5.97. The molecule has 1 aromatic heterocycles. The summed E-state index contributed by atoms with van der Waals surface area (Å²) >= 11 is 1.76. The van der Waals surface area contributed by atoms with Gasteiger partial charge in [-0.05, 0) is 44.2 Å². The lowest BCUT2D eigenvalue weighted by Crippen LogP contribution is -2.52. The maximum Gasteiger partial charge on any atom is 0.227 e. The molecule has 2 N–H and O–H groups in total. The van der Waals surface area contributed by atoms with Gasteiger partial charge in [-0.3, -0.25) is 4.79 Å². The summed E-state index contributed by atoms with van der Waals surface area (Å²) in [6.07, 6.45) is 5.10. The highest BCUT2D eigenvalue weighted by Gasteiger charge is 2.38. The second kappa shape index (κ2) is 7.23. The minimum Gasteiger partial charge on any atom is -0.353 e. The van der Waals surface area contributed by atoms with Gasteiger partial charge >= 0.3 is 0 Å². The van der Waals surface area contributed by atoms with Crippen molar-refractivity contribution in [2.24, 2.45) is 5.41 Å². The average molecular weight is 294 g/mol. The van der Waals surface area contributed by atoms with Crippen LogP contribution >= 0.6 is 11.3 Å². The van der Waals surface area contributed by atoms with Crippen LogP contribution < -0.4 is 10.6 Å². The van der Waals surface area contributed by atoms with Crippen LogP contribution in [0, 0.1) is 5.41 Å². The van der Waals surface area contributed by atoms with Gasteiger partial charge in [-0.1, -0.05) is 19.4 Å². The lowest BCUT2D eigenvalue weighted by atomic mass is 9.76. The summed E-state index contributed by atoms with van der Waals surface area (Å²) in [6, 6.07) is 4.41. The maximum atomic E-state index is 12.7. The van der Waals surface area contributed by atoms with Crippen LogP contribution in [0.5, 0.6) is 0 Å². The summed E-state index contributed by atoms with van der Waals surface area (Å²) in [5.41, 5.74) is -0.184. The third-order valence-electron chi connectivity index (χ3n) is 4.15. The molecule has 2 heterocycles. The Morgan fingerprint density at radius 1 is 1.60 bits per heavy atom. The van der Waals surface area contributed by atoms with E-state index in [1.807, 2.05) is 0 Å². The summed E-state index contributed by atoms with van der Waals surface area (Å²) in [5.74, 6) is 0.246.